The van der Waals surface area contributed by atoms with Gasteiger partial charge in [0.1, 0.15) is 11.1 Å². The zero-order chi connectivity index (χ0) is 18.8. The van der Waals surface area contributed by atoms with Gasteiger partial charge in [0.05, 0.1) is 7.11 Å². The Balaban J connectivity index is 2.20. The summed E-state index contributed by atoms with van der Waals surface area (Å²) in [6.45, 7) is 0. The lowest BCUT2D eigenvalue weighted by Crippen LogP contribution is -2.09. The van der Waals surface area contributed by atoms with Gasteiger partial charge in [-0.2, -0.15) is 0 Å². The number of benzene rings is 2. The lowest BCUT2D eigenvalue weighted by atomic mass is 10.0. The highest BCUT2D eigenvalue weighted by Crippen LogP contribution is 2.37. The third-order valence-corrected chi connectivity index (χ3v) is 4.24. The zero-order valence-corrected chi connectivity index (χ0v) is 15.0. The van der Waals surface area contributed by atoms with Crippen molar-refractivity contribution >= 4 is 46.3 Å². The molecular weight excluding hydrogens is 379 g/mol. The van der Waals surface area contributed by atoms with Crippen LogP contribution in [0.3, 0.4) is 0 Å². The molecule has 1 N–H and O–H groups in total. The average Bonchev–Trinajstić information content (AvgIpc) is 2.92. The Kier molecular flexibility index (Phi) is 5.02. The lowest BCUT2D eigenvalue weighted by Gasteiger charge is -2.09. The van der Waals surface area contributed by atoms with Crippen LogP contribution in [0.15, 0.2) is 60.0 Å². The quantitative estimate of drug-likeness (QED) is 0.620. The fraction of sp³-hybridized carbons (Fsp3) is 0.0526. The van der Waals surface area contributed by atoms with Gasteiger partial charge in [0, 0.05) is 10.0 Å². The molecule has 0 aliphatic carbocycles. The Hall–Kier alpha value is -2.76. The smallest absolute Gasteiger partial charge is 0.348 e. The molecule has 0 atom stereocenters. The number of carbonyl (C=O) groups is 2. The first-order chi connectivity index (χ1) is 12.4. The molecule has 1 heterocycles. The van der Waals surface area contributed by atoms with Crippen LogP contribution in [0.2, 0.25) is 10.0 Å². The first kappa shape index (κ1) is 18.0. The maximum absolute atomic E-state index is 12.3. The number of halogens is 2. The zero-order valence-electron chi connectivity index (χ0n) is 13.5. The molecule has 0 bridgehead atoms. The molecule has 0 fully saturated rings. The van der Waals surface area contributed by atoms with Gasteiger partial charge in [0.15, 0.2) is 11.5 Å². The molecule has 1 aliphatic rings. The van der Waals surface area contributed by atoms with Gasteiger partial charge in [-0.05, 0) is 35.4 Å². The molecule has 0 unspecified atom stereocenters. The molecule has 7 heteroatoms. The van der Waals surface area contributed by atoms with E-state index < -0.39 is 17.7 Å². The van der Waals surface area contributed by atoms with Crippen molar-refractivity contribution in [1.82, 2.24) is 0 Å². The molecule has 2 aromatic carbocycles. The second kappa shape index (κ2) is 7.23. The first-order valence-corrected chi connectivity index (χ1v) is 8.18. The number of methoxy groups -OCH3 is 1. The summed E-state index contributed by atoms with van der Waals surface area (Å²) in [6, 6.07) is 12.5. The van der Waals surface area contributed by atoms with Crippen LogP contribution in [-0.4, -0.2) is 24.2 Å². The van der Waals surface area contributed by atoms with Gasteiger partial charge in [0.2, 0.25) is 0 Å². The SMILES string of the molecule is COC(=O)/C(=C1\OC(=O)C(c2ccc(Cl)cc2)=C1O)c1ccc(Cl)cc1. The minimum absolute atomic E-state index is 0.0629. The summed E-state index contributed by atoms with van der Waals surface area (Å²) in [4.78, 5) is 24.6. The maximum atomic E-state index is 12.3. The second-order valence-corrected chi connectivity index (χ2v) is 6.20. The third-order valence-electron chi connectivity index (χ3n) is 3.73. The largest absolute Gasteiger partial charge is 0.504 e. The normalized spacial score (nSPS) is 15.7. The summed E-state index contributed by atoms with van der Waals surface area (Å²) in [6.07, 6.45) is 0. The summed E-state index contributed by atoms with van der Waals surface area (Å²) in [7, 11) is 1.19. The molecule has 0 amide bonds. The predicted molar refractivity (Wildman–Crippen MR) is 97.5 cm³/mol. The van der Waals surface area contributed by atoms with Gasteiger partial charge in [0.25, 0.3) is 0 Å². The molecule has 132 valence electrons. The van der Waals surface area contributed by atoms with Crippen molar-refractivity contribution in [2.24, 2.45) is 0 Å². The number of carbonyl (C=O) groups excluding carboxylic acids is 2. The van der Waals surface area contributed by atoms with Crippen molar-refractivity contribution in [3.05, 3.63) is 81.2 Å². The van der Waals surface area contributed by atoms with Crippen LogP contribution in [0.25, 0.3) is 11.1 Å². The van der Waals surface area contributed by atoms with Gasteiger partial charge in [-0.15, -0.1) is 0 Å². The Labute approximate surface area is 159 Å². The summed E-state index contributed by atoms with van der Waals surface area (Å²) in [5, 5.41) is 11.5. The highest BCUT2D eigenvalue weighted by molar-refractivity contribution is 6.31. The fourth-order valence-electron chi connectivity index (χ4n) is 2.50. The van der Waals surface area contributed by atoms with Crippen LogP contribution in [-0.2, 0) is 19.1 Å². The number of aliphatic hydroxyl groups is 1. The van der Waals surface area contributed by atoms with Crippen LogP contribution in [0.4, 0.5) is 0 Å². The second-order valence-electron chi connectivity index (χ2n) is 5.32. The lowest BCUT2D eigenvalue weighted by molar-refractivity contribution is -0.134. The Bertz CT molecular complexity index is 941. The van der Waals surface area contributed by atoms with E-state index in [9.17, 15) is 14.7 Å². The number of hydrogen-bond acceptors (Lipinski definition) is 5. The average molecular weight is 391 g/mol. The van der Waals surface area contributed by atoms with Crippen molar-refractivity contribution in [2.45, 2.75) is 0 Å². The molecule has 26 heavy (non-hydrogen) atoms. The predicted octanol–water partition coefficient (Wildman–Crippen LogP) is 4.40. The Morgan fingerprint density at radius 2 is 1.54 bits per heavy atom. The van der Waals surface area contributed by atoms with E-state index in [0.29, 0.717) is 21.2 Å². The van der Waals surface area contributed by atoms with Crippen molar-refractivity contribution in [3.63, 3.8) is 0 Å². The standard InChI is InChI=1S/C19H12Cl2O5/c1-25-18(23)15(11-4-8-13(21)9-5-11)17-16(22)14(19(24)26-17)10-2-6-12(20)7-3-10/h2-9,22H,1H3/b17-15-. The fourth-order valence-corrected chi connectivity index (χ4v) is 2.76. The minimum atomic E-state index is -0.782. The minimum Gasteiger partial charge on any atom is -0.504 e. The van der Waals surface area contributed by atoms with Crippen molar-refractivity contribution < 1.29 is 24.2 Å². The van der Waals surface area contributed by atoms with Crippen LogP contribution in [0.1, 0.15) is 11.1 Å². The summed E-state index contributed by atoms with van der Waals surface area (Å²) in [5.74, 6) is -2.27. The molecule has 0 spiro atoms. The summed E-state index contributed by atoms with van der Waals surface area (Å²) in [5.41, 5.74) is 0.645. The van der Waals surface area contributed by atoms with E-state index in [-0.39, 0.29) is 16.9 Å². The Morgan fingerprint density at radius 1 is 1.00 bits per heavy atom. The molecule has 0 saturated heterocycles. The van der Waals surface area contributed by atoms with Crippen molar-refractivity contribution in [2.75, 3.05) is 7.11 Å². The maximum Gasteiger partial charge on any atom is 0.348 e. The molecule has 0 radical (unpaired) electrons. The molecule has 5 nitrogen and oxygen atoms in total. The van der Waals surface area contributed by atoms with Crippen LogP contribution in [0, 0.1) is 0 Å². The number of esters is 2. The molecule has 0 aromatic heterocycles. The number of rotatable bonds is 3. The third kappa shape index (κ3) is 3.31. The number of ether oxygens (including phenoxy) is 2. The molecule has 1 aliphatic heterocycles. The van der Waals surface area contributed by atoms with E-state index in [1.165, 1.54) is 7.11 Å². The van der Waals surface area contributed by atoms with Crippen LogP contribution in [0.5, 0.6) is 0 Å². The summed E-state index contributed by atoms with van der Waals surface area (Å²) >= 11 is 11.7. The van der Waals surface area contributed by atoms with E-state index >= 15 is 0 Å². The molecule has 0 saturated carbocycles. The molecular formula is C19H12Cl2O5. The first-order valence-electron chi connectivity index (χ1n) is 7.42. The number of hydrogen-bond donors (Lipinski definition) is 1. The van der Waals surface area contributed by atoms with Gasteiger partial charge in [-0.3, -0.25) is 0 Å². The van der Waals surface area contributed by atoms with Gasteiger partial charge < -0.3 is 14.6 Å². The van der Waals surface area contributed by atoms with E-state index in [1.807, 2.05) is 0 Å². The van der Waals surface area contributed by atoms with Crippen LogP contribution >= 0.6 is 23.2 Å². The van der Waals surface area contributed by atoms with E-state index in [4.69, 9.17) is 32.7 Å². The highest BCUT2D eigenvalue weighted by Gasteiger charge is 2.36. The van der Waals surface area contributed by atoms with Gasteiger partial charge in [-0.25, -0.2) is 9.59 Å². The van der Waals surface area contributed by atoms with Crippen molar-refractivity contribution in [3.8, 4) is 0 Å². The van der Waals surface area contributed by atoms with E-state index in [1.54, 1.807) is 48.5 Å². The van der Waals surface area contributed by atoms with Gasteiger partial charge in [-0.1, -0.05) is 47.5 Å². The topological polar surface area (TPSA) is 72.8 Å². The number of aliphatic hydroxyl groups excluding tert-OH is 1. The highest BCUT2D eigenvalue weighted by atomic mass is 35.5. The van der Waals surface area contributed by atoms with Crippen molar-refractivity contribution in [1.29, 1.82) is 0 Å². The van der Waals surface area contributed by atoms with Gasteiger partial charge >= 0.3 is 11.9 Å². The monoisotopic (exact) mass is 390 g/mol. The molecule has 2 aromatic rings. The Morgan fingerprint density at radius 3 is 2.08 bits per heavy atom. The van der Waals surface area contributed by atoms with E-state index in [0.717, 1.165) is 0 Å². The number of cyclic esters (lactones) is 1. The summed E-state index contributed by atoms with van der Waals surface area (Å²) < 4.78 is 9.97. The van der Waals surface area contributed by atoms with Crippen LogP contribution < -0.4 is 0 Å². The van der Waals surface area contributed by atoms with E-state index in [2.05, 4.69) is 0 Å². The molecule has 3 rings (SSSR count).